The number of ketones is 1. The molecule has 13 heteroatoms. The molecule has 5 aromatic rings. The first-order valence-electron chi connectivity index (χ1n) is 15.7. The van der Waals surface area contributed by atoms with Crippen molar-refractivity contribution in [1.82, 2.24) is 19.8 Å². The summed E-state index contributed by atoms with van der Waals surface area (Å²) in [6.45, 7) is 8.43. The lowest BCUT2D eigenvalue weighted by atomic mass is 10.1. The van der Waals surface area contributed by atoms with Crippen molar-refractivity contribution in [3.8, 4) is 0 Å². The maximum atomic E-state index is 14.0. The third-order valence-corrected chi connectivity index (χ3v) is 8.40. The Morgan fingerprint density at radius 3 is 2.35 bits per heavy atom. The lowest BCUT2D eigenvalue weighted by Gasteiger charge is -2.25. The van der Waals surface area contributed by atoms with E-state index in [0.717, 1.165) is 27.3 Å². The molecular weight excluding hydrogens is 655 g/mol. The number of H-pyrrole nitrogens is 1. The first-order chi connectivity index (χ1) is 23.3. The van der Waals surface area contributed by atoms with E-state index in [-0.39, 0.29) is 29.3 Å². The molecule has 3 heterocycles. The number of halogens is 3. The number of anilines is 1. The Bertz CT molecular complexity index is 1910. The number of carbonyl (C=O) groups is 4. The fraction of sp³-hybridized carbons (Fsp3) is 0.306. The van der Waals surface area contributed by atoms with Gasteiger partial charge in [-0.1, -0.05) is 58.0 Å². The molecule has 3 aromatic carbocycles. The second-order valence-electron chi connectivity index (χ2n) is 12.4. The topological polar surface area (TPSA) is 115 Å². The van der Waals surface area contributed by atoms with Gasteiger partial charge in [0.05, 0.1) is 28.3 Å². The number of para-hydroxylation sites is 2. The van der Waals surface area contributed by atoms with Gasteiger partial charge in [-0.25, -0.2) is 18.2 Å². The summed E-state index contributed by atoms with van der Waals surface area (Å²) in [6, 6.07) is 17.5. The minimum absolute atomic E-state index is 0.0767. The zero-order valence-electron chi connectivity index (χ0n) is 27.8. The van der Waals surface area contributed by atoms with Crippen molar-refractivity contribution in [3.05, 3.63) is 94.9 Å². The van der Waals surface area contributed by atoms with E-state index in [9.17, 15) is 32.3 Å². The Morgan fingerprint density at radius 2 is 1.69 bits per heavy atom. The van der Waals surface area contributed by atoms with Gasteiger partial charge in [0, 0.05) is 30.7 Å². The number of amides is 3. The molecule has 3 amide bonds. The van der Waals surface area contributed by atoms with Crippen LogP contribution in [0.25, 0.3) is 21.1 Å². The van der Waals surface area contributed by atoms with Crippen LogP contribution in [-0.4, -0.2) is 70.0 Å². The van der Waals surface area contributed by atoms with E-state index >= 15 is 0 Å². The normalized spacial score (nSPS) is 15.3. The number of benzene rings is 3. The Hall–Kier alpha value is -5.04. The van der Waals surface area contributed by atoms with E-state index in [1.807, 2.05) is 61.5 Å². The summed E-state index contributed by atoms with van der Waals surface area (Å²) in [6.07, 6.45) is 1.14. The van der Waals surface area contributed by atoms with E-state index < -0.39 is 40.8 Å². The number of likely N-dealkylation sites (N-methyl/N-ethyl adjacent to an activating group) is 1. The van der Waals surface area contributed by atoms with Crippen LogP contribution in [0, 0.1) is 29.3 Å². The van der Waals surface area contributed by atoms with Crippen LogP contribution >= 0.6 is 11.3 Å². The van der Waals surface area contributed by atoms with Gasteiger partial charge in [0.2, 0.25) is 18.1 Å². The van der Waals surface area contributed by atoms with E-state index in [1.54, 1.807) is 0 Å². The molecule has 2 unspecified atom stereocenters. The van der Waals surface area contributed by atoms with Crippen LogP contribution in [0.2, 0.25) is 0 Å². The van der Waals surface area contributed by atoms with E-state index in [4.69, 9.17) is 0 Å². The van der Waals surface area contributed by atoms with Gasteiger partial charge in [-0.15, -0.1) is 11.3 Å². The molecule has 2 aromatic heterocycles. The Labute approximate surface area is 286 Å². The Kier molecular flexibility index (Phi) is 12.3. The maximum Gasteiger partial charge on any atom is 0.270 e. The molecule has 0 bridgehead atoms. The van der Waals surface area contributed by atoms with Gasteiger partial charge < -0.3 is 20.1 Å². The number of aromatic nitrogens is 2. The molecule has 258 valence electrons. The lowest BCUT2D eigenvalue weighted by molar-refractivity contribution is -0.132. The fourth-order valence-electron chi connectivity index (χ4n) is 5.17. The second kappa shape index (κ2) is 16.4. The summed E-state index contributed by atoms with van der Waals surface area (Å²) in [5.41, 5.74) is 0.879. The van der Waals surface area contributed by atoms with Crippen molar-refractivity contribution in [2.45, 2.75) is 40.2 Å². The zero-order valence-corrected chi connectivity index (χ0v) is 28.6. The van der Waals surface area contributed by atoms with Crippen LogP contribution < -0.4 is 5.32 Å². The van der Waals surface area contributed by atoms with Crippen LogP contribution in [-0.2, 0) is 9.59 Å². The summed E-state index contributed by atoms with van der Waals surface area (Å²) in [5.74, 6) is -4.17. The SMILES string of the molecule is CC(C)C.CC1CC(C(=O)c2nc3ccccc3s2)N(C(=O)CN(C)C(=O)c2cc3c(F)cc(F)c(F)c3[nH]2)C1.O=CNc1ccccc1. The van der Waals surface area contributed by atoms with Crippen LogP contribution in [0.1, 0.15) is 54.4 Å². The highest BCUT2D eigenvalue weighted by atomic mass is 32.1. The highest BCUT2D eigenvalue weighted by Gasteiger charge is 2.39. The first-order valence-corrected chi connectivity index (χ1v) is 16.5. The van der Waals surface area contributed by atoms with Gasteiger partial charge in [0.25, 0.3) is 5.91 Å². The molecule has 1 saturated heterocycles. The third kappa shape index (κ3) is 9.11. The van der Waals surface area contributed by atoms with Crippen LogP contribution in [0.5, 0.6) is 0 Å². The Morgan fingerprint density at radius 1 is 1.04 bits per heavy atom. The molecule has 0 aliphatic carbocycles. The Balaban J connectivity index is 0.000000350. The maximum absolute atomic E-state index is 14.0. The number of hydrogen-bond donors (Lipinski definition) is 2. The van der Waals surface area contributed by atoms with Crippen molar-refractivity contribution in [2.24, 2.45) is 11.8 Å². The number of aromatic amines is 1. The van der Waals surface area contributed by atoms with Gasteiger partial charge in [-0.05, 0) is 48.6 Å². The van der Waals surface area contributed by atoms with E-state index in [0.29, 0.717) is 36.0 Å². The summed E-state index contributed by atoms with van der Waals surface area (Å²) in [7, 11) is 1.36. The van der Waals surface area contributed by atoms with E-state index in [2.05, 4.69) is 36.1 Å². The number of Topliss-reactive ketones (excluding diaryl/α,β-unsaturated/α-hetero) is 1. The highest BCUT2D eigenvalue weighted by Crippen LogP contribution is 2.30. The molecule has 2 atom stereocenters. The van der Waals surface area contributed by atoms with Crippen molar-refractivity contribution in [1.29, 1.82) is 0 Å². The van der Waals surface area contributed by atoms with Crippen molar-refractivity contribution >= 4 is 62.2 Å². The van der Waals surface area contributed by atoms with Gasteiger partial charge in [0.15, 0.2) is 16.6 Å². The molecule has 2 N–H and O–H groups in total. The number of thiazole rings is 1. The van der Waals surface area contributed by atoms with E-state index in [1.165, 1.54) is 23.3 Å². The number of nitrogens with one attached hydrogen (secondary N) is 2. The minimum atomic E-state index is -1.38. The molecule has 1 aliphatic heterocycles. The number of fused-ring (bicyclic) bond motifs is 2. The largest absolute Gasteiger partial charge is 0.348 e. The second-order valence-corrected chi connectivity index (χ2v) is 13.4. The monoisotopic (exact) mass is 693 g/mol. The molecule has 6 rings (SSSR count). The third-order valence-electron chi connectivity index (χ3n) is 7.34. The molecule has 1 fully saturated rings. The van der Waals surface area contributed by atoms with Crippen molar-refractivity contribution in [3.63, 3.8) is 0 Å². The average molecular weight is 694 g/mol. The smallest absolute Gasteiger partial charge is 0.270 e. The summed E-state index contributed by atoms with van der Waals surface area (Å²) < 4.78 is 42.5. The highest BCUT2D eigenvalue weighted by molar-refractivity contribution is 7.20. The van der Waals surface area contributed by atoms with Gasteiger partial charge in [0.1, 0.15) is 11.5 Å². The minimum Gasteiger partial charge on any atom is -0.348 e. The van der Waals surface area contributed by atoms with Crippen molar-refractivity contribution < 1.29 is 32.3 Å². The fourth-order valence-corrected chi connectivity index (χ4v) is 6.12. The summed E-state index contributed by atoms with van der Waals surface area (Å²) >= 11 is 1.27. The quantitative estimate of drug-likeness (QED) is 0.105. The standard InChI is InChI=1S/C25H21F3N4O3S.C7H7NO.C4H10/c1-12-7-18(23(34)24-30-16-5-3-4-6-19(16)36-24)32(10-12)20(33)11-31(2)25(35)17-8-13-14(26)9-15(27)21(28)22(13)29-17;9-6-8-7-4-2-1-3-5-7;1-4(2)3/h3-6,8-9,12,18,29H,7,10-11H2,1-2H3;1-6H,(H,8,9);4H,1-3H3. The van der Waals surface area contributed by atoms with Gasteiger partial charge in [-0.2, -0.15) is 0 Å². The number of rotatable bonds is 7. The van der Waals surface area contributed by atoms with Crippen LogP contribution in [0.15, 0.2) is 66.7 Å². The molecule has 49 heavy (non-hydrogen) atoms. The zero-order chi connectivity index (χ0) is 35.8. The van der Waals surface area contributed by atoms with Gasteiger partial charge in [-0.3, -0.25) is 19.2 Å². The lowest BCUT2D eigenvalue weighted by Crippen LogP contribution is -2.46. The average Bonchev–Trinajstić information content (AvgIpc) is 3.81. The molecular formula is C36H38F3N5O4S. The predicted molar refractivity (Wildman–Crippen MR) is 185 cm³/mol. The molecule has 9 nitrogen and oxygen atoms in total. The molecule has 0 spiro atoms. The number of hydrogen-bond acceptors (Lipinski definition) is 6. The van der Waals surface area contributed by atoms with Crippen LogP contribution in [0.4, 0.5) is 18.9 Å². The van der Waals surface area contributed by atoms with Gasteiger partial charge >= 0.3 is 0 Å². The number of likely N-dealkylation sites (tertiary alicyclic amines) is 1. The van der Waals surface area contributed by atoms with Crippen molar-refractivity contribution in [2.75, 3.05) is 25.5 Å². The van der Waals surface area contributed by atoms with Crippen LogP contribution in [0.3, 0.4) is 0 Å². The molecule has 1 aliphatic rings. The molecule has 0 radical (unpaired) electrons. The summed E-state index contributed by atoms with van der Waals surface area (Å²) in [4.78, 5) is 58.6. The molecule has 0 saturated carbocycles. The number of nitrogens with zero attached hydrogens (tertiary/aromatic N) is 3. The predicted octanol–water partition coefficient (Wildman–Crippen LogP) is 7.30. The first kappa shape index (κ1) is 36.8. The summed E-state index contributed by atoms with van der Waals surface area (Å²) in [5, 5.41) is 2.58. The number of carbonyl (C=O) groups excluding carboxylic acids is 4.